The number of rotatable bonds is 0. The Labute approximate surface area is 91.7 Å². The minimum Gasteiger partial charge on any atom is -0.216 e. The number of hydrogen-bond donors (Lipinski definition) is 0. The van der Waals surface area contributed by atoms with Crippen molar-refractivity contribution in [2.75, 3.05) is 0 Å². The van der Waals surface area contributed by atoms with Crippen LogP contribution in [0, 0.1) is 0 Å². The Morgan fingerprint density at radius 1 is 1.27 bits per heavy atom. The molecule has 4 nitrogen and oxygen atoms in total. The molecule has 15 heavy (non-hydrogen) atoms. The second-order valence-electron chi connectivity index (χ2n) is 2.92. The second kappa shape index (κ2) is 3.11. The van der Waals surface area contributed by atoms with E-state index in [9.17, 15) is 8.42 Å². The third kappa shape index (κ3) is 1.29. The van der Waals surface area contributed by atoms with Crippen LogP contribution in [0.5, 0.6) is 0 Å². The zero-order chi connectivity index (χ0) is 9.76. The summed E-state index contributed by atoms with van der Waals surface area (Å²) in [5, 5.41) is 0. The van der Waals surface area contributed by atoms with Crippen LogP contribution in [0.1, 0.15) is 7.43 Å². The molecule has 0 saturated heterocycles. The predicted molar refractivity (Wildman–Crippen MR) is 57.5 cm³/mol. The Balaban J connectivity index is 0.000000853. The highest BCUT2D eigenvalue weighted by molar-refractivity contribution is 7.93. The minimum atomic E-state index is -3.41. The Bertz CT molecular complexity index is 617. The molecule has 3 rings (SSSR count). The Hall–Kier alpha value is -1.27. The largest absolute Gasteiger partial charge is 0.235 e. The van der Waals surface area contributed by atoms with Crippen LogP contribution in [0.3, 0.4) is 0 Å². The van der Waals surface area contributed by atoms with Crippen LogP contribution in [0.4, 0.5) is 0 Å². The number of benzene rings is 1. The highest BCUT2D eigenvalue weighted by Crippen LogP contribution is 2.31. The summed E-state index contributed by atoms with van der Waals surface area (Å²) in [7, 11) is -3.41. The lowest BCUT2D eigenvalue weighted by Crippen LogP contribution is -1.99. The van der Waals surface area contributed by atoms with E-state index in [1.165, 1.54) is 0 Å². The molecule has 1 aromatic heterocycles. The number of sulfone groups is 1. The molecule has 1 aromatic carbocycles. The Morgan fingerprint density at radius 2 is 2.07 bits per heavy atom. The predicted octanol–water partition coefficient (Wildman–Crippen LogP) is 1.99. The highest BCUT2D eigenvalue weighted by atomic mass is 32.2. The van der Waals surface area contributed by atoms with Crippen LogP contribution in [0.2, 0.25) is 0 Å². The van der Waals surface area contributed by atoms with Gasteiger partial charge in [0.25, 0.3) is 0 Å². The van der Waals surface area contributed by atoms with E-state index in [0.717, 1.165) is 17.1 Å². The van der Waals surface area contributed by atoms with Crippen LogP contribution >= 0.6 is 11.5 Å². The summed E-state index contributed by atoms with van der Waals surface area (Å²) in [6, 6.07) is 6.68. The van der Waals surface area contributed by atoms with E-state index in [0.29, 0.717) is 10.7 Å². The molecular formula is C9H8N2O2S2. The molecule has 0 spiro atoms. The zero-order valence-corrected chi connectivity index (χ0v) is 8.47. The molecule has 78 valence electrons. The number of aromatic nitrogens is 2. The smallest absolute Gasteiger partial charge is 0.216 e. The van der Waals surface area contributed by atoms with E-state index in [1.807, 2.05) is 0 Å². The maximum atomic E-state index is 11.8. The molecule has 0 atom stereocenters. The maximum absolute atomic E-state index is 11.8. The van der Waals surface area contributed by atoms with Gasteiger partial charge in [0, 0.05) is 5.56 Å². The highest BCUT2D eigenvalue weighted by Gasteiger charge is 2.26. The number of hydrogen-bond acceptors (Lipinski definition) is 5. The van der Waals surface area contributed by atoms with Gasteiger partial charge in [0.2, 0.25) is 14.2 Å². The average molecular weight is 240 g/mol. The Morgan fingerprint density at radius 3 is 2.87 bits per heavy atom. The van der Waals surface area contributed by atoms with Gasteiger partial charge in [-0.2, -0.15) is 4.37 Å². The van der Waals surface area contributed by atoms with Crippen molar-refractivity contribution >= 4 is 21.4 Å². The first-order valence-electron chi connectivity index (χ1n) is 3.87. The van der Waals surface area contributed by atoms with Gasteiger partial charge < -0.3 is 0 Å². The summed E-state index contributed by atoms with van der Waals surface area (Å²) in [5.74, 6) is 0.493. The van der Waals surface area contributed by atoms with E-state index in [4.69, 9.17) is 0 Å². The maximum Gasteiger partial charge on any atom is 0.235 e. The molecule has 0 aliphatic carbocycles. The fraction of sp³-hybridized carbons (Fsp3) is 0.111. The van der Waals surface area contributed by atoms with Crippen molar-refractivity contribution in [3.63, 3.8) is 0 Å². The van der Waals surface area contributed by atoms with E-state index in [2.05, 4.69) is 9.36 Å². The van der Waals surface area contributed by atoms with E-state index in [1.54, 1.807) is 24.3 Å². The van der Waals surface area contributed by atoms with Crippen molar-refractivity contribution in [3.05, 3.63) is 24.3 Å². The van der Waals surface area contributed by atoms with Gasteiger partial charge >= 0.3 is 0 Å². The molecule has 0 amide bonds. The van der Waals surface area contributed by atoms with E-state index < -0.39 is 9.84 Å². The van der Waals surface area contributed by atoms with Crippen LogP contribution in [0.15, 0.2) is 33.5 Å². The second-order valence-corrected chi connectivity index (χ2v) is 5.79. The lowest BCUT2D eigenvalue weighted by molar-refractivity contribution is 0.596. The third-order valence-electron chi connectivity index (χ3n) is 2.04. The monoisotopic (exact) mass is 240 g/mol. The zero-order valence-electron chi connectivity index (χ0n) is 6.84. The molecular weight excluding hydrogens is 232 g/mol. The standard InChI is InChI=1S/C8H4N2O2S2.CH4/c11-14(12)6-3-1-2-5(4-6)7-9-8(14)13-10-7;/h1-4H;1H4. The van der Waals surface area contributed by atoms with Gasteiger partial charge in [-0.1, -0.05) is 19.6 Å². The first kappa shape index (κ1) is 10.3. The van der Waals surface area contributed by atoms with Crippen molar-refractivity contribution in [2.24, 2.45) is 0 Å². The SMILES string of the molecule is C.O=S1(=O)c2cccc(c2)-c2nsc1n2. The molecule has 1 aliphatic heterocycles. The van der Waals surface area contributed by atoms with Gasteiger partial charge in [0.15, 0.2) is 5.82 Å². The molecule has 2 aromatic rings. The fourth-order valence-electron chi connectivity index (χ4n) is 1.34. The molecule has 0 saturated carbocycles. The summed E-state index contributed by atoms with van der Waals surface area (Å²) in [5.41, 5.74) is 0.756. The first-order chi connectivity index (χ1) is 6.68. The van der Waals surface area contributed by atoms with Crippen molar-refractivity contribution in [2.45, 2.75) is 16.7 Å². The van der Waals surface area contributed by atoms with E-state index >= 15 is 0 Å². The third-order valence-corrected chi connectivity index (χ3v) is 4.86. The molecule has 4 bridgehead atoms. The lowest BCUT2D eigenvalue weighted by atomic mass is 10.2. The summed E-state index contributed by atoms with van der Waals surface area (Å²) in [4.78, 5) is 4.26. The van der Waals surface area contributed by atoms with Gasteiger partial charge in [0.05, 0.1) is 4.90 Å². The minimum absolute atomic E-state index is 0. The lowest BCUT2D eigenvalue weighted by Gasteiger charge is -1.99. The van der Waals surface area contributed by atoms with Crippen LogP contribution in [-0.4, -0.2) is 17.8 Å². The normalized spacial score (nSPS) is 15.2. The molecule has 0 N–H and O–H groups in total. The molecule has 6 heteroatoms. The quantitative estimate of drug-likeness (QED) is 0.603. The van der Waals surface area contributed by atoms with Gasteiger partial charge in [-0.3, -0.25) is 0 Å². The Kier molecular flexibility index (Phi) is 2.13. The summed E-state index contributed by atoms with van der Waals surface area (Å²) in [6.45, 7) is 0. The van der Waals surface area contributed by atoms with Crippen molar-refractivity contribution in [1.82, 2.24) is 9.36 Å². The first-order valence-corrected chi connectivity index (χ1v) is 6.13. The number of nitrogens with zero attached hydrogens (tertiary/aromatic N) is 2. The van der Waals surface area contributed by atoms with Crippen molar-refractivity contribution < 1.29 is 8.42 Å². The van der Waals surface area contributed by atoms with Gasteiger partial charge in [0.1, 0.15) is 0 Å². The molecule has 0 unspecified atom stereocenters. The van der Waals surface area contributed by atoms with Crippen molar-refractivity contribution in [1.29, 1.82) is 0 Å². The van der Waals surface area contributed by atoms with Crippen LogP contribution < -0.4 is 0 Å². The van der Waals surface area contributed by atoms with Gasteiger partial charge in [-0.15, -0.1) is 0 Å². The van der Waals surface area contributed by atoms with E-state index in [-0.39, 0.29) is 11.8 Å². The summed E-state index contributed by atoms with van der Waals surface area (Å²) in [6.07, 6.45) is 0. The number of fused-ring (bicyclic) bond motifs is 5. The molecule has 0 fully saturated rings. The van der Waals surface area contributed by atoms with Crippen molar-refractivity contribution in [3.8, 4) is 11.4 Å². The average Bonchev–Trinajstić information content (AvgIpc) is 2.65. The molecule has 1 aliphatic rings. The van der Waals surface area contributed by atoms with Gasteiger partial charge in [-0.25, -0.2) is 13.4 Å². The van der Waals surface area contributed by atoms with Crippen LogP contribution in [0.25, 0.3) is 11.4 Å². The summed E-state index contributed by atoms with van der Waals surface area (Å²) >= 11 is 0.924. The molecule has 2 heterocycles. The van der Waals surface area contributed by atoms with Gasteiger partial charge in [-0.05, 0) is 23.7 Å². The fourth-order valence-corrected chi connectivity index (χ4v) is 3.52. The van der Waals surface area contributed by atoms with Crippen LogP contribution in [-0.2, 0) is 9.84 Å². The molecule has 0 radical (unpaired) electrons. The topological polar surface area (TPSA) is 59.9 Å². The summed E-state index contributed by atoms with van der Waals surface area (Å²) < 4.78 is 27.7.